The molecule has 3 nitrogen and oxygen atoms in total. The molecule has 2 unspecified atom stereocenters. The van der Waals surface area contributed by atoms with Crippen molar-refractivity contribution >= 4 is 0 Å². The maximum absolute atomic E-state index is 8.99. The zero-order valence-electron chi connectivity index (χ0n) is 9.44. The molecule has 1 fully saturated rings. The lowest BCUT2D eigenvalue weighted by atomic mass is 10.1. The van der Waals surface area contributed by atoms with E-state index in [2.05, 4.69) is 6.07 Å². The number of ether oxygens (including phenoxy) is 1. The Morgan fingerprint density at radius 1 is 1.44 bits per heavy atom. The molecule has 2 atom stereocenters. The van der Waals surface area contributed by atoms with Crippen LogP contribution in [-0.2, 0) is 0 Å². The summed E-state index contributed by atoms with van der Waals surface area (Å²) >= 11 is 0. The van der Waals surface area contributed by atoms with Crippen molar-refractivity contribution in [3.05, 3.63) is 29.3 Å². The number of aryl methyl sites for hydroxylation is 1. The molecular formula is C13H16N2O. The Kier molecular flexibility index (Phi) is 3.12. The normalized spacial score (nSPS) is 24.1. The summed E-state index contributed by atoms with van der Waals surface area (Å²) in [6.07, 6.45) is 3.17. The predicted octanol–water partition coefficient (Wildman–Crippen LogP) is 2.13. The van der Waals surface area contributed by atoms with Crippen molar-refractivity contribution in [3.8, 4) is 11.8 Å². The molecule has 0 amide bonds. The molecule has 84 valence electrons. The van der Waals surface area contributed by atoms with Crippen molar-refractivity contribution in [2.75, 3.05) is 0 Å². The molecule has 1 saturated carbocycles. The average molecular weight is 216 g/mol. The Morgan fingerprint density at radius 2 is 2.25 bits per heavy atom. The van der Waals surface area contributed by atoms with Crippen LogP contribution in [0.1, 0.15) is 30.4 Å². The first kappa shape index (κ1) is 11.0. The second-order valence-electron chi connectivity index (χ2n) is 4.36. The highest BCUT2D eigenvalue weighted by atomic mass is 16.5. The van der Waals surface area contributed by atoms with Crippen LogP contribution < -0.4 is 10.5 Å². The fourth-order valence-electron chi connectivity index (χ4n) is 2.08. The molecule has 0 aliphatic heterocycles. The van der Waals surface area contributed by atoms with E-state index in [1.807, 2.05) is 19.1 Å². The summed E-state index contributed by atoms with van der Waals surface area (Å²) < 4.78 is 5.84. The van der Waals surface area contributed by atoms with Crippen LogP contribution in [0.15, 0.2) is 18.2 Å². The van der Waals surface area contributed by atoms with E-state index in [4.69, 9.17) is 15.7 Å². The van der Waals surface area contributed by atoms with Crippen molar-refractivity contribution in [1.82, 2.24) is 0 Å². The van der Waals surface area contributed by atoms with Crippen molar-refractivity contribution in [2.45, 2.75) is 38.3 Å². The summed E-state index contributed by atoms with van der Waals surface area (Å²) in [5.74, 6) is 0.671. The second kappa shape index (κ2) is 4.54. The van der Waals surface area contributed by atoms with Gasteiger partial charge in [-0.1, -0.05) is 6.07 Å². The number of rotatable bonds is 2. The third-order valence-electron chi connectivity index (χ3n) is 3.04. The predicted molar refractivity (Wildman–Crippen MR) is 62.1 cm³/mol. The Balaban J connectivity index is 2.20. The Hall–Kier alpha value is -1.53. The first-order valence-corrected chi connectivity index (χ1v) is 5.63. The van der Waals surface area contributed by atoms with Crippen LogP contribution >= 0.6 is 0 Å². The van der Waals surface area contributed by atoms with Crippen molar-refractivity contribution < 1.29 is 4.74 Å². The van der Waals surface area contributed by atoms with Gasteiger partial charge in [-0.2, -0.15) is 5.26 Å². The van der Waals surface area contributed by atoms with Crippen LogP contribution in [0.4, 0.5) is 0 Å². The topological polar surface area (TPSA) is 59.0 Å². The Labute approximate surface area is 95.8 Å². The smallest absolute Gasteiger partial charge is 0.137 e. The highest BCUT2D eigenvalue weighted by molar-refractivity contribution is 5.45. The first-order chi connectivity index (χ1) is 7.70. The minimum atomic E-state index is 0.0638. The molecular weight excluding hydrogens is 200 g/mol. The van der Waals surface area contributed by atoms with Crippen LogP contribution in [0.25, 0.3) is 0 Å². The van der Waals surface area contributed by atoms with Crippen LogP contribution in [0, 0.1) is 18.3 Å². The van der Waals surface area contributed by atoms with Gasteiger partial charge in [-0.3, -0.25) is 0 Å². The van der Waals surface area contributed by atoms with Gasteiger partial charge in [-0.15, -0.1) is 0 Å². The third-order valence-corrected chi connectivity index (χ3v) is 3.04. The molecule has 0 saturated heterocycles. The van der Waals surface area contributed by atoms with E-state index in [9.17, 15) is 0 Å². The standard InChI is InChI=1S/C13H16N2O/c1-9-5-6-10(8-14)13(7-9)16-12-4-2-3-11(12)15/h5-7,11-12H,2-4,15H2,1H3. The second-order valence-corrected chi connectivity index (χ2v) is 4.36. The van der Waals surface area contributed by atoms with Crippen LogP contribution in [0.3, 0.4) is 0 Å². The van der Waals surface area contributed by atoms with E-state index in [-0.39, 0.29) is 12.1 Å². The first-order valence-electron chi connectivity index (χ1n) is 5.63. The summed E-state index contributed by atoms with van der Waals surface area (Å²) in [5, 5.41) is 8.99. The van der Waals surface area contributed by atoms with Gasteiger partial charge in [0.15, 0.2) is 0 Å². The highest BCUT2D eigenvalue weighted by Crippen LogP contribution is 2.26. The molecule has 2 N–H and O–H groups in total. The molecule has 2 rings (SSSR count). The van der Waals surface area contributed by atoms with Gasteiger partial charge in [0.1, 0.15) is 17.9 Å². The molecule has 1 aromatic rings. The van der Waals surface area contributed by atoms with Gasteiger partial charge < -0.3 is 10.5 Å². The molecule has 0 spiro atoms. The van der Waals surface area contributed by atoms with E-state index in [0.717, 1.165) is 24.8 Å². The Bertz CT molecular complexity index is 422. The maximum Gasteiger partial charge on any atom is 0.137 e. The number of nitriles is 1. The summed E-state index contributed by atoms with van der Waals surface area (Å²) in [7, 11) is 0. The lowest BCUT2D eigenvalue weighted by Gasteiger charge is -2.18. The van der Waals surface area contributed by atoms with Gasteiger partial charge in [-0.05, 0) is 43.9 Å². The average Bonchev–Trinajstić information content (AvgIpc) is 2.65. The molecule has 1 aromatic carbocycles. The fraction of sp³-hybridized carbons (Fsp3) is 0.462. The zero-order chi connectivity index (χ0) is 11.5. The lowest BCUT2D eigenvalue weighted by molar-refractivity contribution is 0.191. The van der Waals surface area contributed by atoms with E-state index < -0.39 is 0 Å². The summed E-state index contributed by atoms with van der Waals surface area (Å²) in [4.78, 5) is 0. The molecule has 0 heterocycles. The molecule has 1 aliphatic rings. The van der Waals surface area contributed by atoms with Gasteiger partial charge in [-0.25, -0.2) is 0 Å². The maximum atomic E-state index is 8.99. The molecule has 3 heteroatoms. The molecule has 0 aromatic heterocycles. The van der Waals surface area contributed by atoms with E-state index in [1.54, 1.807) is 6.07 Å². The minimum Gasteiger partial charge on any atom is -0.487 e. The van der Waals surface area contributed by atoms with Gasteiger partial charge >= 0.3 is 0 Å². The van der Waals surface area contributed by atoms with Crippen LogP contribution in [-0.4, -0.2) is 12.1 Å². The van der Waals surface area contributed by atoms with Gasteiger partial charge in [0, 0.05) is 6.04 Å². The van der Waals surface area contributed by atoms with E-state index in [0.29, 0.717) is 11.3 Å². The number of nitrogens with zero attached hydrogens (tertiary/aromatic N) is 1. The number of hydrogen-bond donors (Lipinski definition) is 1. The number of hydrogen-bond acceptors (Lipinski definition) is 3. The fourth-order valence-corrected chi connectivity index (χ4v) is 2.08. The SMILES string of the molecule is Cc1ccc(C#N)c(OC2CCCC2N)c1. The lowest BCUT2D eigenvalue weighted by Crippen LogP contribution is -2.33. The van der Waals surface area contributed by atoms with Gasteiger partial charge in [0.05, 0.1) is 5.56 Å². The quantitative estimate of drug-likeness (QED) is 0.823. The van der Waals surface area contributed by atoms with E-state index in [1.165, 1.54) is 0 Å². The largest absolute Gasteiger partial charge is 0.487 e. The van der Waals surface area contributed by atoms with Crippen molar-refractivity contribution in [2.24, 2.45) is 5.73 Å². The number of benzene rings is 1. The highest BCUT2D eigenvalue weighted by Gasteiger charge is 2.26. The Morgan fingerprint density at radius 3 is 2.88 bits per heavy atom. The number of nitrogens with two attached hydrogens (primary N) is 1. The summed E-state index contributed by atoms with van der Waals surface area (Å²) in [6, 6.07) is 7.87. The minimum absolute atomic E-state index is 0.0638. The summed E-state index contributed by atoms with van der Waals surface area (Å²) in [6.45, 7) is 1.99. The molecule has 16 heavy (non-hydrogen) atoms. The molecule has 1 aliphatic carbocycles. The van der Waals surface area contributed by atoms with Gasteiger partial charge in [0.2, 0.25) is 0 Å². The van der Waals surface area contributed by atoms with Crippen molar-refractivity contribution in [1.29, 1.82) is 5.26 Å². The van der Waals surface area contributed by atoms with Crippen molar-refractivity contribution in [3.63, 3.8) is 0 Å². The summed E-state index contributed by atoms with van der Waals surface area (Å²) in [5.41, 5.74) is 7.63. The van der Waals surface area contributed by atoms with Crippen LogP contribution in [0.2, 0.25) is 0 Å². The van der Waals surface area contributed by atoms with Gasteiger partial charge in [0.25, 0.3) is 0 Å². The van der Waals surface area contributed by atoms with Crippen LogP contribution in [0.5, 0.6) is 5.75 Å². The van der Waals surface area contributed by atoms with E-state index >= 15 is 0 Å². The molecule has 0 radical (unpaired) electrons. The zero-order valence-corrected chi connectivity index (χ0v) is 9.44. The third kappa shape index (κ3) is 2.17. The molecule has 0 bridgehead atoms. The monoisotopic (exact) mass is 216 g/mol.